The smallest absolute Gasteiger partial charge is 0.313 e. The third kappa shape index (κ3) is 3.51. The summed E-state index contributed by atoms with van der Waals surface area (Å²) in [6.07, 6.45) is 5.95. The van der Waals surface area contributed by atoms with Crippen LogP contribution in [0.15, 0.2) is 5.16 Å². The van der Waals surface area contributed by atoms with Gasteiger partial charge in [-0.05, 0) is 38.0 Å². The Hall–Kier alpha value is -1.24. The van der Waals surface area contributed by atoms with Crippen LogP contribution in [0.1, 0.15) is 45.1 Å². The largest absolute Gasteiger partial charge is 0.481 e. The number of rotatable bonds is 5. The molecule has 2 heterocycles. The molecule has 21 heavy (non-hydrogen) atoms. The van der Waals surface area contributed by atoms with Crippen LogP contribution in [0.4, 0.5) is 5.95 Å². The average Bonchev–Trinajstić information content (AvgIpc) is 3.23. The summed E-state index contributed by atoms with van der Waals surface area (Å²) in [6, 6.07) is 0.465. The highest BCUT2D eigenvalue weighted by atomic mass is 32.2. The molecule has 3 rings (SSSR count). The molecule has 0 bridgehead atoms. The molecule has 6 nitrogen and oxygen atoms in total. The third-order valence-electron chi connectivity index (χ3n) is 4.18. The number of carbonyl (C=O) groups is 1. The molecule has 2 aliphatic rings. The van der Waals surface area contributed by atoms with Crippen LogP contribution in [-0.2, 0) is 4.79 Å². The van der Waals surface area contributed by atoms with Crippen LogP contribution in [0.25, 0.3) is 0 Å². The zero-order valence-electron chi connectivity index (χ0n) is 12.4. The van der Waals surface area contributed by atoms with E-state index in [1.54, 1.807) is 0 Å². The molecule has 0 radical (unpaired) electrons. The molecule has 1 saturated carbocycles. The normalized spacial score (nSPS) is 23.1. The van der Waals surface area contributed by atoms with Gasteiger partial charge >= 0.3 is 5.97 Å². The number of carboxylic acids is 1. The first-order chi connectivity index (χ1) is 10.1. The topological polar surface area (TPSA) is 71.2 Å². The summed E-state index contributed by atoms with van der Waals surface area (Å²) in [5.41, 5.74) is 0. The van der Waals surface area contributed by atoms with E-state index in [-0.39, 0.29) is 5.75 Å². The summed E-state index contributed by atoms with van der Waals surface area (Å²) in [4.78, 5) is 13.1. The summed E-state index contributed by atoms with van der Waals surface area (Å²) >= 11 is 1.28. The molecule has 0 spiro atoms. The second-order valence-electron chi connectivity index (χ2n) is 6.09. The Kier molecular flexibility index (Phi) is 4.37. The van der Waals surface area contributed by atoms with Gasteiger partial charge in [-0.15, -0.1) is 10.2 Å². The van der Waals surface area contributed by atoms with E-state index in [1.807, 2.05) is 0 Å². The standard InChI is InChI=1S/C14H22N4O2S/c1-10-3-2-7-17(8-6-10)13-15-16-14(21-9-12(19)20)18(13)11-4-5-11/h10-11H,2-9H2,1H3,(H,19,20). The lowest BCUT2D eigenvalue weighted by atomic mass is 10.0. The predicted molar refractivity (Wildman–Crippen MR) is 81.9 cm³/mol. The summed E-state index contributed by atoms with van der Waals surface area (Å²) in [6.45, 7) is 4.36. The first-order valence-corrected chi connectivity index (χ1v) is 8.68. The van der Waals surface area contributed by atoms with Gasteiger partial charge in [0.1, 0.15) is 0 Å². The molecule has 0 amide bonds. The van der Waals surface area contributed by atoms with Crippen molar-refractivity contribution < 1.29 is 9.90 Å². The van der Waals surface area contributed by atoms with Gasteiger partial charge in [0, 0.05) is 19.1 Å². The molecule has 0 aromatic carbocycles. The zero-order valence-corrected chi connectivity index (χ0v) is 13.2. The lowest BCUT2D eigenvalue weighted by Crippen LogP contribution is -2.27. The molecule has 1 aliphatic carbocycles. The summed E-state index contributed by atoms with van der Waals surface area (Å²) in [7, 11) is 0. The lowest BCUT2D eigenvalue weighted by Gasteiger charge is -2.22. The molecular formula is C14H22N4O2S. The molecule has 116 valence electrons. The highest BCUT2D eigenvalue weighted by Gasteiger charge is 2.32. The highest BCUT2D eigenvalue weighted by Crippen LogP contribution is 2.41. The van der Waals surface area contributed by atoms with Gasteiger partial charge in [-0.1, -0.05) is 18.7 Å². The van der Waals surface area contributed by atoms with Crippen molar-refractivity contribution >= 4 is 23.7 Å². The molecule has 1 saturated heterocycles. The van der Waals surface area contributed by atoms with Crippen LogP contribution in [-0.4, -0.2) is 44.7 Å². The first kappa shape index (κ1) is 14.7. The molecule has 1 aromatic heterocycles. The molecule has 7 heteroatoms. The maximum absolute atomic E-state index is 10.8. The molecule has 1 unspecified atom stereocenters. The van der Waals surface area contributed by atoms with Gasteiger partial charge in [-0.25, -0.2) is 0 Å². The number of aliphatic carboxylic acids is 1. The molecular weight excluding hydrogens is 288 g/mol. The lowest BCUT2D eigenvalue weighted by molar-refractivity contribution is -0.133. The molecule has 1 aromatic rings. The van der Waals surface area contributed by atoms with Gasteiger partial charge in [-0.3, -0.25) is 9.36 Å². The summed E-state index contributed by atoms with van der Waals surface area (Å²) < 4.78 is 2.17. The minimum Gasteiger partial charge on any atom is -0.481 e. The molecule has 1 aliphatic heterocycles. The molecule has 1 atom stereocenters. The number of hydrogen-bond acceptors (Lipinski definition) is 5. The highest BCUT2D eigenvalue weighted by molar-refractivity contribution is 7.99. The fourth-order valence-corrected chi connectivity index (χ4v) is 3.55. The van der Waals surface area contributed by atoms with E-state index < -0.39 is 5.97 Å². The maximum atomic E-state index is 10.8. The van der Waals surface area contributed by atoms with E-state index in [9.17, 15) is 4.79 Å². The monoisotopic (exact) mass is 310 g/mol. The van der Waals surface area contributed by atoms with Gasteiger partial charge < -0.3 is 10.0 Å². The van der Waals surface area contributed by atoms with Crippen LogP contribution in [0.2, 0.25) is 0 Å². The van der Waals surface area contributed by atoms with Crippen molar-refractivity contribution in [2.24, 2.45) is 5.92 Å². The fourth-order valence-electron chi connectivity index (χ4n) is 2.82. The fraction of sp³-hybridized carbons (Fsp3) is 0.786. The molecule has 1 N–H and O–H groups in total. The third-order valence-corrected chi connectivity index (χ3v) is 5.11. The van der Waals surface area contributed by atoms with Gasteiger partial charge in [-0.2, -0.15) is 0 Å². The zero-order chi connectivity index (χ0) is 14.8. The maximum Gasteiger partial charge on any atom is 0.313 e. The van der Waals surface area contributed by atoms with E-state index in [4.69, 9.17) is 5.11 Å². The van der Waals surface area contributed by atoms with Crippen molar-refractivity contribution in [1.82, 2.24) is 14.8 Å². The number of thioether (sulfide) groups is 1. The second kappa shape index (κ2) is 6.25. The average molecular weight is 310 g/mol. The van der Waals surface area contributed by atoms with E-state index in [0.717, 1.165) is 43.0 Å². The Bertz CT molecular complexity index is 515. The Morgan fingerprint density at radius 3 is 2.81 bits per heavy atom. The number of anilines is 1. The van der Waals surface area contributed by atoms with Crippen LogP contribution in [0.5, 0.6) is 0 Å². The Balaban J connectivity index is 1.79. The van der Waals surface area contributed by atoms with Gasteiger partial charge in [0.15, 0.2) is 5.16 Å². The summed E-state index contributed by atoms with van der Waals surface area (Å²) in [5.74, 6) is 0.949. The van der Waals surface area contributed by atoms with Crippen molar-refractivity contribution in [2.75, 3.05) is 23.7 Å². The van der Waals surface area contributed by atoms with Crippen LogP contribution < -0.4 is 4.90 Å². The van der Waals surface area contributed by atoms with E-state index in [1.165, 1.54) is 31.0 Å². The minimum absolute atomic E-state index is 0.0435. The van der Waals surface area contributed by atoms with Crippen LogP contribution >= 0.6 is 11.8 Å². The van der Waals surface area contributed by atoms with Crippen LogP contribution in [0.3, 0.4) is 0 Å². The number of aromatic nitrogens is 3. The number of carboxylic acid groups (broad SMARTS) is 1. The van der Waals surface area contributed by atoms with Crippen molar-refractivity contribution in [3.63, 3.8) is 0 Å². The Morgan fingerprint density at radius 1 is 1.29 bits per heavy atom. The van der Waals surface area contributed by atoms with Gasteiger partial charge in [0.05, 0.1) is 5.75 Å². The van der Waals surface area contributed by atoms with Crippen molar-refractivity contribution in [1.29, 1.82) is 0 Å². The van der Waals surface area contributed by atoms with Gasteiger partial charge in [0.2, 0.25) is 5.95 Å². The molecule has 2 fully saturated rings. The van der Waals surface area contributed by atoms with Crippen molar-refractivity contribution in [3.05, 3.63) is 0 Å². The number of nitrogens with zero attached hydrogens (tertiary/aromatic N) is 4. The first-order valence-electron chi connectivity index (χ1n) is 7.69. The van der Waals surface area contributed by atoms with Crippen LogP contribution in [0, 0.1) is 5.92 Å². The predicted octanol–water partition coefficient (Wildman–Crippen LogP) is 2.42. The second-order valence-corrected chi connectivity index (χ2v) is 7.03. The Morgan fingerprint density at radius 2 is 2.10 bits per heavy atom. The van der Waals surface area contributed by atoms with Gasteiger partial charge in [0.25, 0.3) is 0 Å². The van der Waals surface area contributed by atoms with E-state index in [0.29, 0.717) is 6.04 Å². The summed E-state index contributed by atoms with van der Waals surface area (Å²) in [5, 5.41) is 18.2. The number of hydrogen-bond donors (Lipinski definition) is 1. The van der Waals surface area contributed by atoms with E-state index in [2.05, 4.69) is 26.6 Å². The Labute approximate surface area is 128 Å². The minimum atomic E-state index is -0.810. The van der Waals surface area contributed by atoms with E-state index >= 15 is 0 Å². The SMILES string of the molecule is CC1CCCN(c2nnc(SCC(=O)O)n2C2CC2)CC1. The van der Waals surface area contributed by atoms with Crippen molar-refractivity contribution in [3.8, 4) is 0 Å². The quantitative estimate of drug-likeness (QED) is 0.842. The van der Waals surface area contributed by atoms with Crippen molar-refractivity contribution in [2.45, 2.75) is 50.2 Å².